The summed E-state index contributed by atoms with van der Waals surface area (Å²) < 4.78 is 5.20. The number of amides is 1. The number of hydrogen-bond donors (Lipinski definition) is 1. The van der Waals surface area contributed by atoms with Gasteiger partial charge in [-0.05, 0) is 50.3 Å². The van der Waals surface area contributed by atoms with Gasteiger partial charge in [0.15, 0.2) is 0 Å². The van der Waals surface area contributed by atoms with Gasteiger partial charge in [0.05, 0.1) is 0 Å². The first-order chi connectivity index (χ1) is 8.64. The molecule has 106 valence electrons. The van der Waals surface area contributed by atoms with E-state index in [1.807, 2.05) is 32.9 Å². The summed E-state index contributed by atoms with van der Waals surface area (Å²) in [5.74, 6) is 0.522. The van der Waals surface area contributed by atoms with Gasteiger partial charge in [0.25, 0.3) is 0 Å². The number of ether oxygens (including phenoxy) is 1. The maximum Gasteiger partial charge on any atom is 0.413 e. The molecule has 19 heavy (non-hydrogen) atoms. The highest BCUT2D eigenvalue weighted by Gasteiger charge is 2.20. The van der Waals surface area contributed by atoms with Crippen LogP contribution in [-0.4, -0.2) is 16.7 Å². The molecule has 0 spiro atoms. The molecule has 0 aliphatic carbocycles. The summed E-state index contributed by atoms with van der Waals surface area (Å²) in [6.07, 6.45) is 2.24. The Morgan fingerprint density at radius 2 is 1.95 bits per heavy atom. The first kappa shape index (κ1) is 15.5. The van der Waals surface area contributed by atoms with Crippen LogP contribution >= 0.6 is 0 Å². The van der Waals surface area contributed by atoms with Crippen LogP contribution in [0.25, 0.3) is 0 Å². The van der Waals surface area contributed by atoms with Crippen molar-refractivity contribution >= 4 is 11.9 Å². The highest BCUT2D eigenvalue weighted by molar-refractivity contribution is 5.83. The zero-order chi connectivity index (χ0) is 14.7. The van der Waals surface area contributed by atoms with E-state index >= 15 is 0 Å². The Kier molecular flexibility index (Phi) is 4.56. The van der Waals surface area contributed by atoms with Gasteiger partial charge >= 0.3 is 6.09 Å². The lowest BCUT2D eigenvalue weighted by atomic mass is 9.83. The Balaban J connectivity index is 2.81. The van der Waals surface area contributed by atoms with E-state index in [1.165, 1.54) is 0 Å². The summed E-state index contributed by atoms with van der Waals surface area (Å²) >= 11 is 0. The molecule has 4 heteroatoms. The molecule has 4 nitrogen and oxygen atoms in total. The number of hydrogen-bond acceptors (Lipinski definition) is 3. The topological polar surface area (TPSA) is 51.2 Å². The van der Waals surface area contributed by atoms with Crippen LogP contribution in [-0.2, 0) is 10.2 Å². The van der Waals surface area contributed by atoms with E-state index in [4.69, 9.17) is 4.74 Å². The molecule has 1 aromatic heterocycles. The third-order valence-electron chi connectivity index (χ3n) is 3.05. The zero-order valence-electron chi connectivity index (χ0n) is 12.7. The minimum atomic E-state index is -0.510. The summed E-state index contributed by atoms with van der Waals surface area (Å²) in [5.41, 5.74) is 0.702. The van der Waals surface area contributed by atoms with E-state index in [2.05, 4.69) is 31.1 Å². The molecule has 1 aromatic rings. The number of nitrogens with zero attached hydrogens (tertiary/aromatic N) is 1. The highest BCUT2D eigenvalue weighted by atomic mass is 16.6. The van der Waals surface area contributed by atoms with E-state index in [0.717, 1.165) is 12.0 Å². The molecule has 0 fully saturated rings. The second kappa shape index (κ2) is 5.59. The Bertz CT molecular complexity index is 448. The molecule has 0 aliphatic heterocycles. The minimum Gasteiger partial charge on any atom is -0.444 e. The first-order valence-electron chi connectivity index (χ1n) is 6.60. The summed E-state index contributed by atoms with van der Waals surface area (Å²) in [6, 6.07) is 3.87. The van der Waals surface area contributed by atoms with E-state index in [9.17, 15) is 4.79 Å². The Morgan fingerprint density at radius 3 is 2.47 bits per heavy atom. The maximum absolute atomic E-state index is 11.7. The van der Waals surface area contributed by atoms with Crippen molar-refractivity contribution in [2.45, 2.75) is 59.0 Å². The summed E-state index contributed by atoms with van der Waals surface area (Å²) in [5, 5.41) is 2.66. The standard InChI is InChI=1S/C15H24N2O2/c1-7-15(5,6)11-8-9-16-12(10-11)17-13(18)19-14(2,3)4/h8-10H,7H2,1-6H3,(H,16,17,18). The minimum absolute atomic E-state index is 0.0628. The van der Waals surface area contributed by atoms with Crippen LogP contribution in [0.15, 0.2) is 18.3 Å². The fourth-order valence-electron chi connectivity index (χ4n) is 1.53. The molecule has 0 aromatic carbocycles. The van der Waals surface area contributed by atoms with Crippen LogP contribution in [0.2, 0.25) is 0 Å². The number of nitrogens with one attached hydrogen (secondary N) is 1. The van der Waals surface area contributed by atoms with E-state index in [0.29, 0.717) is 5.82 Å². The Labute approximate surface area is 115 Å². The Morgan fingerprint density at radius 1 is 1.32 bits per heavy atom. The largest absolute Gasteiger partial charge is 0.444 e. The maximum atomic E-state index is 11.7. The van der Waals surface area contributed by atoms with Crippen LogP contribution in [0.5, 0.6) is 0 Å². The zero-order valence-corrected chi connectivity index (χ0v) is 12.7. The van der Waals surface area contributed by atoms with E-state index in [-0.39, 0.29) is 5.41 Å². The van der Waals surface area contributed by atoms with Gasteiger partial charge in [-0.15, -0.1) is 0 Å². The van der Waals surface area contributed by atoms with Gasteiger partial charge in [-0.3, -0.25) is 5.32 Å². The summed E-state index contributed by atoms with van der Waals surface area (Å²) in [7, 11) is 0. The molecule has 1 N–H and O–H groups in total. The van der Waals surface area contributed by atoms with Crippen molar-refractivity contribution in [3.05, 3.63) is 23.9 Å². The molecular formula is C15H24N2O2. The van der Waals surface area contributed by atoms with Gasteiger partial charge in [0.1, 0.15) is 11.4 Å². The number of carbonyl (C=O) groups is 1. The number of carbonyl (C=O) groups excluding carboxylic acids is 1. The number of aromatic nitrogens is 1. The molecule has 0 bridgehead atoms. The van der Waals surface area contributed by atoms with Crippen molar-refractivity contribution in [2.75, 3.05) is 5.32 Å². The average Bonchev–Trinajstić information content (AvgIpc) is 2.26. The molecule has 0 atom stereocenters. The quantitative estimate of drug-likeness (QED) is 0.893. The van der Waals surface area contributed by atoms with Gasteiger partial charge in [-0.1, -0.05) is 20.8 Å². The van der Waals surface area contributed by atoms with Crippen LogP contribution in [0, 0.1) is 0 Å². The molecule has 0 saturated carbocycles. The number of rotatable bonds is 3. The van der Waals surface area contributed by atoms with Crippen LogP contribution in [0.4, 0.5) is 10.6 Å². The fraction of sp³-hybridized carbons (Fsp3) is 0.600. The van der Waals surface area contributed by atoms with Crippen molar-refractivity contribution in [3.8, 4) is 0 Å². The van der Waals surface area contributed by atoms with Crippen LogP contribution < -0.4 is 5.32 Å². The summed E-state index contributed by atoms with van der Waals surface area (Å²) in [4.78, 5) is 15.8. The number of anilines is 1. The van der Waals surface area contributed by atoms with Gasteiger partial charge in [-0.25, -0.2) is 9.78 Å². The van der Waals surface area contributed by atoms with E-state index < -0.39 is 11.7 Å². The van der Waals surface area contributed by atoms with Crippen molar-refractivity contribution in [1.29, 1.82) is 0 Å². The molecule has 1 amide bonds. The normalized spacial score (nSPS) is 12.1. The van der Waals surface area contributed by atoms with E-state index in [1.54, 1.807) is 6.20 Å². The molecule has 0 unspecified atom stereocenters. The molecule has 1 rings (SSSR count). The molecule has 1 heterocycles. The third kappa shape index (κ3) is 4.89. The average molecular weight is 264 g/mol. The summed E-state index contributed by atoms with van der Waals surface area (Å²) in [6.45, 7) is 12.0. The predicted molar refractivity (Wildman–Crippen MR) is 77.4 cm³/mol. The SMILES string of the molecule is CCC(C)(C)c1ccnc(NC(=O)OC(C)(C)C)c1. The second-order valence-electron chi connectivity index (χ2n) is 6.29. The monoisotopic (exact) mass is 264 g/mol. The fourth-order valence-corrected chi connectivity index (χ4v) is 1.53. The molecule has 0 aliphatic rings. The van der Waals surface area contributed by atoms with Crippen molar-refractivity contribution in [3.63, 3.8) is 0 Å². The lowest BCUT2D eigenvalue weighted by molar-refractivity contribution is 0.0635. The molecular weight excluding hydrogens is 240 g/mol. The number of pyridine rings is 1. The highest BCUT2D eigenvalue weighted by Crippen LogP contribution is 2.27. The smallest absolute Gasteiger partial charge is 0.413 e. The van der Waals surface area contributed by atoms with Gasteiger partial charge in [-0.2, -0.15) is 0 Å². The van der Waals surface area contributed by atoms with Crippen molar-refractivity contribution in [1.82, 2.24) is 4.98 Å². The molecule has 0 saturated heterocycles. The molecule has 0 radical (unpaired) electrons. The second-order valence-corrected chi connectivity index (χ2v) is 6.29. The third-order valence-corrected chi connectivity index (χ3v) is 3.05. The van der Waals surface area contributed by atoms with Crippen LogP contribution in [0.1, 0.15) is 53.5 Å². The van der Waals surface area contributed by atoms with Gasteiger partial charge in [0, 0.05) is 6.20 Å². The lowest BCUT2D eigenvalue weighted by Crippen LogP contribution is -2.27. The lowest BCUT2D eigenvalue weighted by Gasteiger charge is -2.24. The predicted octanol–water partition coefficient (Wildman–Crippen LogP) is 4.12. The first-order valence-corrected chi connectivity index (χ1v) is 6.60. The van der Waals surface area contributed by atoms with Crippen molar-refractivity contribution in [2.24, 2.45) is 0 Å². The van der Waals surface area contributed by atoms with Crippen molar-refractivity contribution < 1.29 is 9.53 Å². The van der Waals surface area contributed by atoms with Gasteiger partial charge < -0.3 is 4.74 Å². The van der Waals surface area contributed by atoms with Gasteiger partial charge in [0.2, 0.25) is 0 Å². The van der Waals surface area contributed by atoms with Crippen LogP contribution in [0.3, 0.4) is 0 Å². The Hall–Kier alpha value is -1.58.